The van der Waals surface area contributed by atoms with Crippen LogP contribution >= 0.6 is 0 Å². The van der Waals surface area contributed by atoms with Crippen LogP contribution in [0, 0.1) is 15.5 Å². The minimum atomic E-state index is -0.669. The van der Waals surface area contributed by atoms with Crippen LogP contribution in [0.4, 0.5) is 0 Å². The van der Waals surface area contributed by atoms with Gasteiger partial charge in [0.1, 0.15) is 0 Å². The molecular formula is C5H12N4O2. The summed E-state index contributed by atoms with van der Waals surface area (Å²) in [5.41, 5.74) is 4.95. The molecule has 0 fully saturated rings. The number of guanidine groups is 1. The van der Waals surface area contributed by atoms with Crippen LogP contribution in [0.1, 0.15) is 19.8 Å². The van der Waals surface area contributed by atoms with E-state index in [-0.39, 0.29) is 6.54 Å². The number of nitrogens with zero attached hydrogens (tertiary/aromatic N) is 2. The number of hydrogen-bond acceptors (Lipinski definition) is 3. The monoisotopic (exact) mass is 160 g/mol. The molecule has 0 aliphatic heterocycles. The number of nitrogens with one attached hydrogen (secondary N) is 1. The Kier molecular flexibility index (Phi) is 3.94. The van der Waals surface area contributed by atoms with Gasteiger partial charge in [0.25, 0.3) is 5.96 Å². The van der Waals surface area contributed by atoms with Crippen molar-refractivity contribution < 1.29 is 5.03 Å². The number of hydrogen-bond donors (Lipinski definition) is 2. The molecule has 0 bridgehead atoms. The van der Waals surface area contributed by atoms with E-state index in [1.54, 1.807) is 0 Å². The highest BCUT2D eigenvalue weighted by Gasteiger charge is 2.15. The Bertz CT molecular complexity index is 145. The van der Waals surface area contributed by atoms with Gasteiger partial charge in [-0.25, -0.2) is 10.1 Å². The minimum Gasteiger partial charge on any atom is -0.365 e. The fraction of sp³-hybridized carbons (Fsp3) is 0.800. The van der Waals surface area contributed by atoms with E-state index in [1.165, 1.54) is 0 Å². The third-order valence-electron chi connectivity index (χ3n) is 1.20. The van der Waals surface area contributed by atoms with E-state index < -0.39 is 11.0 Å². The van der Waals surface area contributed by atoms with Crippen molar-refractivity contribution in [1.29, 1.82) is 5.41 Å². The lowest BCUT2D eigenvalue weighted by atomic mass is 10.3. The highest BCUT2D eigenvalue weighted by atomic mass is 16.7. The molecule has 0 heterocycles. The van der Waals surface area contributed by atoms with Crippen LogP contribution in [-0.2, 0) is 0 Å². The zero-order valence-corrected chi connectivity index (χ0v) is 6.41. The second-order valence-electron chi connectivity index (χ2n) is 2.10. The molecule has 0 saturated carbocycles. The smallest absolute Gasteiger partial charge is 0.251 e. The summed E-state index contributed by atoms with van der Waals surface area (Å²) in [6, 6.07) is 0. The maximum Gasteiger partial charge on any atom is 0.251 e. The molecule has 0 radical (unpaired) electrons. The van der Waals surface area contributed by atoms with Crippen molar-refractivity contribution in [1.82, 2.24) is 5.01 Å². The molecular weight excluding hydrogens is 148 g/mol. The lowest BCUT2D eigenvalue weighted by molar-refractivity contribution is -0.629. The topological polar surface area (TPSA) is 96.2 Å². The maximum absolute atomic E-state index is 10.2. The third-order valence-corrected chi connectivity index (χ3v) is 1.20. The predicted molar refractivity (Wildman–Crippen MR) is 40.5 cm³/mol. The molecule has 0 unspecified atom stereocenters. The van der Waals surface area contributed by atoms with Crippen molar-refractivity contribution in [2.24, 2.45) is 5.73 Å². The molecule has 6 heteroatoms. The molecule has 0 aromatic heterocycles. The molecule has 0 saturated heterocycles. The normalized spacial score (nSPS) is 9.18. The Balaban J connectivity index is 3.90. The van der Waals surface area contributed by atoms with E-state index in [0.29, 0.717) is 11.4 Å². The summed E-state index contributed by atoms with van der Waals surface area (Å²) in [5, 5.41) is 16.9. The van der Waals surface area contributed by atoms with Gasteiger partial charge in [-0.3, -0.25) is 5.41 Å². The van der Waals surface area contributed by atoms with Gasteiger partial charge in [-0.15, -0.1) is 0 Å². The van der Waals surface area contributed by atoms with E-state index in [4.69, 9.17) is 11.1 Å². The molecule has 3 N–H and O–H groups in total. The van der Waals surface area contributed by atoms with Gasteiger partial charge in [-0.05, 0) is 6.42 Å². The molecule has 0 aliphatic carbocycles. The van der Waals surface area contributed by atoms with E-state index in [0.717, 1.165) is 6.42 Å². The number of nitrogens with two attached hydrogens (primary N) is 1. The quantitative estimate of drug-likeness (QED) is 0.265. The van der Waals surface area contributed by atoms with Crippen LogP contribution in [0.15, 0.2) is 0 Å². The highest BCUT2D eigenvalue weighted by molar-refractivity contribution is 5.73. The number of rotatable bonds is 4. The van der Waals surface area contributed by atoms with Crippen LogP contribution < -0.4 is 5.73 Å². The van der Waals surface area contributed by atoms with Crippen molar-refractivity contribution >= 4 is 5.96 Å². The van der Waals surface area contributed by atoms with Crippen molar-refractivity contribution in [3.8, 4) is 0 Å². The highest BCUT2D eigenvalue weighted by Crippen LogP contribution is 1.93. The van der Waals surface area contributed by atoms with Crippen LogP contribution in [0.5, 0.6) is 0 Å². The first-order valence-corrected chi connectivity index (χ1v) is 3.35. The average Bonchev–Trinajstić information content (AvgIpc) is 1.87. The summed E-state index contributed by atoms with van der Waals surface area (Å²) < 4.78 is 0. The SMILES string of the molecule is CCCCN(C(=N)N)[N+](=O)[O-]. The van der Waals surface area contributed by atoms with Gasteiger partial charge in [-0.2, -0.15) is 0 Å². The first kappa shape index (κ1) is 9.67. The molecule has 64 valence electrons. The van der Waals surface area contributed by atoms with E-state index in [1.807, 2.05) is 6.92 Å². The van der Waals surface area contributed by atoms with Gasteiger partial charge < -0.3 is 5.73 Å². The molecule has 11 heavy (non-hydrogen) atoms. The molecule has 0 aromatic rings. The van der Waals surface area contributed by atoms with Gasteiger partial charge in [0, 0.05) is 0 Å². The second kappa shape index (κ2) is 4.48. The molecule has 0 amide bonds. The Labute approximate surface area is 64.6 Å². The second-order valence-corrected chi connectivity index (χ2v) is 2.10. The number of nitro groups is 1. The molecule has 0 atom stereocenters. The first-order chi connectivity index (χ1) is 5.09. The maximum atomic E-state index is 10.2. The summed E-state index contributed by atoms with van der Waals surface area (Å²) in [4.78, 5) is 10.2. The Hall–Kier alpha value is -1.33. The predicted octanol–water partition coefficient (Wildman–Crippen LogP) is 0.174. The van der Waals surface area contributed by atoms with Gasteiger partial charge in [-0.1, -0.05) is 18.4 Å². The number of unbranched alkanes of at least 4 members (excludes halogenated alkanes) is 1. The van der Waals surface area contributed by atoms with Gasteiger partial charge in [0.2, 0.25) is 0 Å². The van der Waals surface area contributed by atoms with Crippen LogP contribution in [0.2, 0.25) is 0 Å². The lowest BCUT2D eigenvalue weighted by Gasteiger charge is -2.09. The average molecular weight is 160 g/mol. The van der Waals surface area contributed by atoms with Crippen molar-refractivity contribution in [3.05, 3.63) is 10.1 Å². The van der Waals surface area contributed by atoms with E-state index >= 15 is 0 Å². The van der Waals surface area contributed by atoms with Gasteiger partial charge in [0.05, 0.1) is 6.54 Å². The number of hydrazine groups is 1. The van der Waals surface area contributed by atoms with Crippen molar-refractivity contribution in [2.75, 3.05) is 6.54 Å². The molecule has 6 nitrogen and oxygen atoms in total. The van der Waals surface area contributed by atoms with Crippen LogP contribution in [0.25, 0.3) is 0 Å². The largest absolute Gasteiger partial charge is 0.365 e. The summed E-state index contributed by atoms with van der Waals surface area (Å²) in [6.45, 7) is 2.12. The Morgan fingerprint density at radius 3 is 2.64 bits per heavy atom. The van der Waals surface area contributed by atoms with Crippen LogP contribution in [0.3, 0.4) is 0 Å². The van der Waals surface area contributed by atoms with E-state index in [9.17, 15) is 10.1 Å². The van der Waals surface area contributed by atoms with Gasteiger partial charge >= 0.3 is 0 Å². The summed E-state index contributed by atoms with van der Waals surface area (Å²) >= 11 is 0. The zero-order valence-electron chi connectivity index (χ0n) is 6.41. The third kappa shape index (κ3) is 3.39. The first-order valence-electron chi connectivity index (χ1n) is 3.35. The summed E-state index contributed by atoms with van der Waals surface area (Å²) in [6.07, 6.45) is 1.51. The summed E-state index contributed by atoms with van der Waals surface area (Å²) in [5.74, 6) is -0.511. The lowest BCUT2D eigenvalue weighted by Crippen LogP contribution is -2.41. The van der Waals surface area contributed by atoms with E-state index in [2.05, 4.69) is 0 Å². The molecule has 0 aromatic carbocycles. The molecule has 0 aliphatic rings. The van der Waals surface area contributed by atoms with Crippen molar-refractivity contribution in [2.45, 2.75) is 19.8 Å². The summed E-state index contributed by atoms with van der Waals surface area (Å²) in [7, 11) is 0. The van der Waals surface area contributed by atoms with Crippen LogP contribution in [-0.4, -0.2) is 22.5 Å². The Morgan fingerprint density at radius 2 is 2.36 bits per heavy atom. The minimum absolute atomic E-state index is 0.207. The van der Waals surface area contributed by atoms with Gasteiger partial charge in [0.15, 0.2) is 5.03 Å². The molecule has 0 spiro atoms. The Morgan fingerprint density at radius 1 is 1.82 bits per heavy atom. The standard InChI is InChI=1S/C5H12N4O2/c1-2-3-4-8(5(6)7)9(10)11/h2-4H2,1H3,(H3,6,7). The zero-order chi connectivity index (χ0) is 8.85. The molecule has 0 rings (SSSR count). The van der Waals surface area contributed by atoms with Crippen molar-refractivity contribution in [3.63, 3.8) is 0 Å². The fourth-order valence-electron chi connectivity index (χ4n) is 0.598. The fourth-order valence-corrected chi connectivity index (χ4v) is 0.598.